The fourth-order valence-electron chi connectivity index (χ4n) is 1.33. The molecular weight excluding hydrogens is 322 g/mol. The van der Waals surface area contributed by atoms with Crippen LogP contribution in [0, 0.1) is 13.8 Å². The van der Waals surface area contributed by atoms with Crippen LogP contribution in [-0.4, -0.2) is 18.7 Å². The molecule has 2 aromatic rings. The first-order valence-electron chi connectivity index (χ1n) is 4.99. The Morgan fingerprint density at radius 3 is 2.61 bits per heavy atom. The normalized spacial score (nSPS) is 11.5. The quantitative estimate of drug-likeness (QED) is 0.932. The standard InChI is InChI=1S/C10H10BrN3O3S/c1-6-4-3-5-8(9(6)11)18(15,16)14-10-7(2)12-17-13-10/h3-5H,1-2H3,(H,13,14). The van der Waals surface area contributed by atoms with Crippen LogP contribution in [0.3, 0.4) is 0 Å². The molecule has 6 nitrogen and oxygen atoms in total. The Morgan fingerprint density at radius 1 is 1.28 bits per heavy atom. The molecule has 2 rings (SSSR count). The monoisotopic (exact) mass is 331 g/mol. The lowest BCUT2D eigenvalue weighted by molar-refractivity contribution is 0.306. The lowest BCUT2D eigenvalue weighted by Gasteiger charge is -2.08. The summed E-state index contributed by atoms with van der Waals surface area (Å²) in [7, 11) is -3.72. The Labute approximate surface area is 113 Å². The Bertz CT molecular complexity index is 681. The summed E-state index contributed by atoms with van der Waals surface area (Å²) in [6.45, 7) is 3.41. The molecule has 1 aromatic heterocycles. The van der Waals surface area contributed by atoms with E-state index in [2.05, 4.69) is 35.6 Å². The number of sulfonamides is 1. The van der Waals surface area contributed by atoms with E-state index in [1.54, 1.807) is 13.0 Å². The van der Waals surface area contributed by atoms with E-state index in [1.807, 2.05) is 13.0 Å². The Balaban J connectivity index is 2.43. The average Bonchev–Trinajstić information content (AvgIpc) is 2.67. The average molecular weight is 332 g/mol. The van der Waals surface area contributed by atoms with Crippen LogP contribution in [0.4, 0.5) is 5.82 Å². The first-order valence-corrected chi connectivity index (χ1v) is 7.26. The highest BCUT2D eigenvalue weighted by atomic mass is 79.9. The molecule has 96 valence electrons. The van der Waals surface area contributed by atoms with Crippen molar-refractivity contribution in [2.75, 3.05) is 4.72 Å². The lowest BCUT2D eigenvalue weighted by atomic mass is 10.2. The summed E-state index contributed by atoms with van der Waals surface area (Å²) < 4.78 is 31.6. The largest absolute Gasteiger partial charge is 0.264 e. The molecular formula is C10H10BrN3O3S. The zero-order chi connectivity index (χ0) is 13.3. The van der Waals surface area contributed by atoms with Crippen molar-refractivity contribution in [1.82, 2.24) is 10.3 Å². The van der Waals surface area contributed by atoms with E-state index in [-0.39, 0.29) is 10.7 Å². The van der Waals surface area contributed by atoms with E-state index >= 15 is 0 Å². The van der Waals surface area contributed by atoms with E-state index in [1.165, 1.54) is 6.07 Å². The first-order chi connectivity index (χ1) is 8.42. The molecule has 0 atom stereocenters. The van der Waals surface area contributed by atoms with Crippen LogP contribution >= 0.6 is 15.9 Å². The number of halogens is 1. The fourth-order valence-corrected chi connectivity index (χ4v) is 3.44. The molecule has 0 bridgehead atoms. The number of aromatic nitrogens is 2. The summed E-state index contributed by atoms with van der Waals surface area (Å²) in [5.41, 5.74) is 1.20. The van der Waals surface area contributed by atoms with E-state index in [9.17, 15) is 8.42 Å². The molecule has 1 aromatic carbocycles. The Hall–Kier alpha value is -1.41. The molecule has 0 saturated heterocycles. The van der Waals surface area contributed by atoms with Gasteiger partial charge >= 0.3 is 0 Å². The van der Waals surface area contributed by atoms with E-state index in [0.717, 1.165) is 5.56 Å². The van der Waals surface area contributed by atoms with Gasteiger partial charge in [-0.05, 0) is 46.6 Å². The third-order valence-electron chi connectivity index (χ3n) is 2.33. The number of rotatable bonds is 3. The van der Waals surface area contributed by atoms with Crippen molar-refractivity contribution >= 4 is 31.8 Å². The van der Waals surface area contributed by atoms with Gasteiger partial charge in [-0.1, -0.05) is 17.3 Å². The van der Waals surface area contributed by atoms with Gasteiger partial charge in [-0.2, -0.15) is 0 Å². The molecule has 0 saturated carbocycles. The highest BCUT2D eigenvalue weighted by molar-refractivity contribution is 9.10. The van der Waals surface area contributed by atoms with Crippen LogP contribution in [-0.2, 0) is 10.0 Å². The predicted octanol–water partition coefficient (Wildman–Crippen LogP) is 2.25. The van der Waals surface area contributed by atoms with Gasteiger partial charge in [0.15, 0.2) is 0 Å². The van der Waals surface area contributed by atoms with E-state index < -0.39 is 10.0 Å². The Kier molecular flexibility index (Phi) is 3.40. The fraction of sp³-hybridized carbons (Fsp3) is 0.200. The molecule has 0 spiro atoms. The maximum atomic E-state index is 12.2. The summed E-state index contributed by atoms with van der Waals surface area (Å²) >= 11 is 3.26. The molecule has 0 aliphatic rings. The predicted molar refractivity (Wildman–Crippen MR) is 68.7 cm³/mol. The van der Waals surface area contributed by atoms with Crippen LogP contribution in [0.5, 0.6) is 0 Å². The molecule has 0 aliphatic heterocycles. The second-order valence-electron chi connectivity index (χ2n) is 3.69. The minimum absolute atomic E-state index is 0.0865. The highest BCUT2D eigenvalue weighted by Crippen LogP contribution is 2.26. The summed E-state index contributed by atoms with van der Waals surface area (Å²) in [6.07, 6.45) is 0. The van der Waals surface area contributed by atoms with Crippen LogP contribution in [0.15, 0.2) is 32.2 Å². The maximum absolute atomic E-state index is 12.2. The smallest absolute Gasteiger partial charge is 0.259 e. The third kappa shape index (κ3) is 2.39. The van der Waals surface area contributed by atoms with Crippen molar-refractivity contribution in [3.63, 3.8) is 0 Å². The number of hydrogen-bond acceptors (Lipinski definition) is 5. The summed E-state index contributed by atoms with van der Waals surface area (Å²) in [5.74, 6) is 0.0865. The van der Waals surface area contributed by atoms with Gasteiger partial charge in [0.2, 0.25) is 5.82 Å². The lowest BCUT2D eigenvalue weighted by Crippen LogP contribution is -2.14. The second-order valence-corrected chi connectivity index (χ2v) is 6.13. The number of nitrogens with one attached hydrogen (secondary N) is 1. The van der Waals surface area contributed by atoms with Gasteiger partial charge in [0.05, 0.1) is 0 Å². The molecule has 1 heterocycles. The van der Waals surface area contributed by atoms with Crippen molar-refractivity contribution in [3.05, 3.63) is 33.9 Å². The van der Waals surface area contributed by atoms with Crippen molar-refractivity contribution < 1.29 is 13.0 Å². The number of nitrogens with zero attached hydrogens (tertiary/aromatic N) is 2. The maximum Gasteiger partial charge on any atom is 0.264 e. The number of hydrogen-bond donors (Lipinski definition) is 1. The van der Waals surface area contributed by atoms with Crippen molar-refractivity contribution in [2.24, 2.45) is 0 Å². The summed E-state index contributed by atoms with van der Waals surface area (Å²) in [4.78, 5) is 0.143. The number of benzene rings is 1. The summed E-state index contributed by atoms with van der Waals surface area (Å²) in [5, 5.41) is 7.00. The second kappa shape index (κ2) is 4.69. The van der Waals surface area contributed by atoms with Crippen molar-refractivity contribution in [3.8, 4) is 0 Å². The first kappa shape index (κ1) is 13.0. The third-order valence-corrected chi connectivity index (χ3v) is 5.03. The number of aryl methyl sites for hydroxylation is 2. The molecule has 8 heteroatoms. The molecule has 1 N–H and O–H groups in total. The molecule has 0 radical (unpaired) electrons. The molecule has 0 fully saturated rings. The van der Waals surface area contributed by atoms with Gasteiger partial charge in [0.25, 0.3) is 10.0 Å². The van der Waals surface area contributed by atoms with Gasteiger partial charge in [-0.25, -0.2) is 13.0 Å². The van der Waals surface area contributed by atoms with Crippen LogP contribution in [0.25, 0.3) is 0 Å². The van der Waals surface area contributed by atoms with Crippen molar-refractivity contribution in [1.29, 1.82) is 0 Å². The van der Waals surface area contributed by atoms with E-state index in [0.29, 0.717) is 10.2 Å². The highest BCUT2D eigenvalue weighted by Gasteiger charge is 2.21. The van der Waals surface area contributed by atoms with Gasteiger partial charge in [0, 0.05) is 4.47 Å². The topological polar surface area (TPSA) is 85.1 Å². The van der Waals surface area contributed by atoms with Gasteiger partial charge < -0.3 is 0 Å². The van der Waals surface area contributed by atoms with Crippen molar-refractivity contribution in [2.45, 2.75) is 18.7 Å². The van der Waals surface area contributed by atoms with Gasteiger partial charge in [-0.15, -0.1) is 0 Å². The zero-order valence-corrected chi connectivity index (χ0v) is 12.0. The minimum Gasteiger partial charge on any atom is -0.259 e. The van der Waals surface area contributed by atoms with E-state index in [4.69, 9.17) is 0 Å². The zero-order valence-electron chi connectivity index (χ0n) is 9.64. The number of anilines is 1. The minimum atomic E-state index is -3.72. The van der Waals surface area contributed by atoms with Crippen LogP contribution in [0.2, 0.25) is 0 Å². The SMILES string of the molecule is Cc1cccc(S(=O)(=O)Nc2nonc2C)c1Br. The van der Waals surface area contributed by atoms with Gasteiger partial charge in [-0.3, -0.25) is 4.72 Å². The molecule has 0 unspecified atom stereocenters. The molecule has 0 amide bonds. The van der Waals surface area contributed by atoms with Gasteiger partial charge in [0.1, 0.15) is 10.6 Å². The van der Waals surface area contributed by atoms with Crippen LogP contribution < -0.4 is 4.72 Å². The molecule has 0 aliphatic carbocycles. The summed E-state index contributed by atoms with van der Waals surface area (Å²) in [6, 6.07) is 4.98. The molecule has 18 heavy (non-hydrogen) atoms. The Morgan fingerprint density at radius 2 is 2.00 bits per heavy atom. The van der Waals surface area contributed by atoms with Crippen LogP contribution in [0.1, 0.15) is 11.3 Å².